The number of benzene rings is 2. The minimum atomic E-state index is -3.84. The first-order valence-corrected chi connectivity index (χ1v) is 11.6. The molecule has 0 unspecified atom stereocenters. The molecular formula is C24H23N3O4S. The highest BCUT2D eigenvalue weighted by Crippen LogP contribution is 2.29. The summed E-state index contributed by atoms with van der Waals surface area (Å²) in [6, 6.07) is 17.4. The van der Waals surface area contributed by atoms with Crippen LogP contribution in [0.4, 0.5) is 11.5 Å². The lowest BCUT2D eigenvalue weighted by Crippen LogP contribution is -2.30. The number of carboxylic acid groups (broad SMARTS) is 1. The van der Waals surface area contributed by atoms with Crippen molar-refractivity contribution in [1.82, 2.24) is 4.98 Å². The van der Waals surface area contributed by atoms with E-state index in [0.29, 0.717) is 18.9 Å². The van der Waals surface area contributed by atoms with Gasteiger partial charge >= 0.3 is 5.97 Å². The predicted octanol–water partition coefficient (Wildman–Crippen LogP) is 4.18. The van der Waals surface area contributed by atoms with Gasteiger partial charge in [0.15, 0.2) is 0 Å². The minimum Gasteiger partial charge on any atom is -0.478 e. The second-order valence-electron chi connectivity index (χ2n) is 7.56. The van der Waals surface area contributed by atoms with Crippen LogP contribution in [0, 0.1) is 6.92 Å². The number of anilines is 2. The SMILES string of the molecule is Cc1ccccc1C1=CCN(c2ncc(NS(=O)(=O)c3ccccc3)cc2C(=O)O)CC1. The van der Waals surface area contributed by atoms with Crippen molar-refractivity contribution < 1.29 is 18.3 Å². The van der Waals surface area contributed by atoms with Crippen molar-refractivity contribution in [3.63, 3.8) is 0 Å². The van der Waals surface area contributed by atoms with Crippen LogP contribution >= 0.6 is 0 Å². The maximum Gasteiger partial charge on any atom is 0.339 e. The van der Waals surface area contributed by atoms with Crippen LogP contribution in [0.2, 0.25) is 0 Å². The van der Waals surface area contributed by atoms with Crippen LogP contribution in [0.5, 0.6) is 0 Å². The Morgan fingerprint density at radius 3 is 2.47 bits per heavy atom. The average molecular weight is 450 g/mol. The zero-order valence-corrected chi connectivity index (χ0v) is 18.3. The van der Waals surface area contributed by atoms with Crippen LogP contribution in [0.15, 0.2) is 77.8 Å². The van der Waals surface area contributed by atoms with E-state index in [-0.39, 0.29) is 16.1 Å². The van der Waals surface area contributed by atoms with Crippen LogP contribution in [0.25, 0.3) is 5.57 Å². The third-order valence-electron chi connectivity index (χ3n) is 5.40. The van der Waals surface area contributed by atoms with Crippen LogP contribution < -0.4 is 9.62 Å². The van der Waals surface area contributed by atoms with Crippen LogP contribution in [-0.2, 0) is 10.0 Å². The first-order valence-electron chi connectivity index (χ1n) is 10.2. The van der Waals surface area contributed by atoms with Crippen LogP contribution in [0.1, 0.15) is 27.9 Å². The Kier molecular flexibility index (Phi) is 5.96. The molecule has 0 fully saturated rings. The molecule has 2 heterocycles. The molecule has 0 atom stereocenters. The van der Waals surface area contributed by atoms with Crippen molar-refractivity contribution in [2.24, 2.45) is 0 Å². The molecule has 1 aromatic heterocycles. The number of nitrogens with one attached hydrogen (secondary N) is 1. The van der Waals surface area contributed by atoms with E-state index < -0.39 is 16.0 Å². The summed E-state index contributed by atoms with van der Waals surface area (Å²) in [6.07, 6.45) is 4.20. The number of aromatic nitrogens is 1. The molecule has 164 valence electrons. The molecule has 3 aromatic rings. The zero-order chi connectivity index (χ0) is 22.7. The molecule has 0 amide bonds. The highest BCUT2D eigenvalue weighted by atomic mass is 32.2. The van der Waals surface area contributed by atoms with Crippen LogP contribution in [-0.4, -0.2) is 37.6 Å². The Bertz CT molecular complexity index is 1290. The molecule has 0 saturated heterocycles. The van der Waals surface area contributed by atoms with Gasteiger partial charge in [-0.3, -0.25) is 4.72 Å². The second kappa shape index (κ2) is 8.84. The smallest absolute Gasteiger partial charge is 0.339 e. The van der Waals surface area contributed by atoms with E-state index in [9.17, 15) is 18.3 Å². The van der Waals surface area contributed by atoms with E-state index in [2.05, 4.69) is 34.8 Å². The van der Waals surface area contributed by atoms with E-state index in [1.807, 2.05) is 17.0 Å². The molecule has 0 bridgehead atoms. The third kappa shape index (κ3) is 4.50. The van der Waals surface area contributed by atoms with Crippen molar-refractivity contribution in [2.75, 3.05) is 22.7 Å². The van der Waals surface area contributed by atoms with Gasteiger partial charge in [0.05, 0.1) is 16.8 Å². The van der Waals surface area contributed by atoms with E-state index >= 15 is 0 Å². The maximum atomic E-state index is 12.6. The molecule has 0 saturated carbocycles. The largest absolute Gasteiger partial charge is 0.478 e. The zero-order valence-electron chi connectivity index (χ0n) is 17.5. The van der Waals surface area contributed by atoms with Gasteiger partial charge in [-0.1, -0.05) is 48.5 Å². The van der Waals surface area contributed by atoms with Gasteiger partial charge in [-0.15, -0.1) is 0 Å². The standard InChI is InChI=1S/C24H23N3O4S/c1-17-7-5-6-10-21(17)18-11-13-27(14-12-18)23-22(24(28)29)15-19(16-25-23)26-32(30,31)20-8-3-2-4-9-20/h2-11,15-16,26H,12-14H2,1H3,(H,28,29). The lowest BCUT2D eigenvalue weighted by Gasteiger charge is -2.29. The molecule has 8 heteroatoms. The van der Waals surface area contributed by atoms with Gasteiger partial charge in [-0.25, -0.2) is 18.2 Å². The van der Waals surface area contributed by atoms with E-state index in [1.165, 1.54) is 41.1 Å². The van der Waals surface area contributed by atoms with Crippen molar-refractivity contribution in [1.29, 1.82) is 0 Å². The van der Waals surface area contributed by atoms with Gasteiger partial charge in [0.1, 0.15) is 11.4 Å². The highest BCUT2D eigenvalue weighted by molar-refractivity contribution is 7.92. The maximum absolute atomic E-state index is 12.6. The second-order valence-corrected chi connectivity index (χ2v) is 9.24. The monoisotopic (exact) mass is 449 g/mol. The summed E-state index contributed by atoms with van der Waals surface area (Å²) in [4.78, 5) is 18.2. The molecule has 32 heavy (non-hydrogen) atoms. The van der Waals surface area contributed by atoms with Crippen LogP contribution in [0.3, 0.4) is 0 Å². The summed E-state index contributed by atoms with van der Waals surface area (Å²) in [5.74, 6) is -0.845. The molecule has 0 spiro atoms. The van der Waals surface area contributed by atoms with Crippen molar-refractivity contribution in [3.05, 3.63) is 89.6 Å². The molecule has 4 rings (SSSR count). The number of sulfonamides is 1. The Labute approximate surface area is 187 Å². The third-order valence-corrected chi connectivity index (χ3v) is 6.80. The molecule has 0 aliphatic carbocycles. The van der Waals surface area contributed by atoms with Gasteiger partial charge in [0, 0.05) is 13.1 Å². The molecule has 0 radical (unpaired) electrons. The molecule has 2 N–H and O–H groups in total. The number of rotatable bonds is 6. The fraction of sp³-hybridized carbons (Fsp3) is 0.167. The van der Waals surface area contributed by atoms with Gasteiger partial charge in [0.25, 0.3) is 10.0 Å². The normalized spacial score (nSPS) is 14.0. The number of pyridine rings is 1. The number of carboxylic acids is 1. The summed E-state index contributed by atoms with van der Waals surface area (Å²) in [6.45, 7) is 3.20. The lowest BCUT2D eigenvalue weighted by atomic mass is 9.95. The van der Waals surface area contributed by atoms with E-state index in [0.717, 1.165) is 6.42 Å². The Balaban J connectivity index is 1.58. The number of hydrogen-bond donors (Lipinski definition) is 2. The Morgan fingerprint density at radius 1 is 1.09 bits per heavy atom. The summed E-state index contributed by atoms with van der Waals surface area (Å²) >= 11 is 0. The minimum absolute atomic E-state index is 0.0500. The topological polar surface area (TPSA) is 99.6 Å². The number of carbonyl (C=O) groups is 1. The van der Waals surface area contributed by atoms with Gasteiger partial charge in [-0.2, -0.15) is 0 Å². The first kappa shape index (κ1) is 21.6. The van der Waals surface area contributed by atoms with Gasteiger partial charge in [0.2, 0.25) is 0 Å². The Morgan fingerprint density at radius 2 is 1.81 bits per heavy atom. The summed E-state index contributed by atoms with van der Waals surface area (Å²) < 4.78 is 27.5. The highest BCUT2D eigenvalue weighted by Gasteiger charge is 2.23. The fourth-order valence-corrected chi connectivity index (χ4v) is 4.83. The number of nitrogens with zero attached hydrogens (tertiary/aromatic N) is 2. The average Bonchev–Trinajstić information content (AvgIpc) is 2.80. The molecule has 7 nitrogen and oxygen atoms in total. The van der Waals surface area contributed by atoms with Gasteiger partial charge < -0.3 is 10.0 Å². The number of aryl methyl sites for hydroxylation is 1. The van der Waals surface area contributed by atoms with Crippen molar-refractivity contribution >= 4 is 33.1 Å². The summed E-state index contributed by atoms with van der Waals surface area (Å²) in [5, 5.41) is 9.74. The van der Waals surface area contributed by atoms with Crippen molar-refractivity contribution in [3.8, 4) is 0 Å². The fourth-order valence-electron chi connectivity index (χ4n) is 3.78. The Hall–Kier alpha value is -3.65. The van der Waals surface area contributed by atoms with E-state index in [1.54, 1.807) is 18.2 Å². The van der Waals surface area contributed by atoms with E-state index in [4.69, 9.17) is 0 Å². The molecular weight excluding hydrogens is 426 g/mol. The quantitative estimate of drug-likeness (QED) is 0.586. The number of aromatic carboxylic acids is 1. The number of hydrogen-bond acceptors (Lipinski definition) is 5. The molecule has 1 aliphatic rings. The molecule has 2 aromatic carbocycles. The predicted molar refractivity (Wildman–Crippen MR) is 124 cm³/mol. The molecule has 1 aliphatic heterocycles. The van der Waals surface area contributed by atoms with Crippen molar-refractivity contribution in [2.45, 2.75) is 18.2 Å². The van der Waals surface area contributed by atoms with Gasteiger partial charge in [-0.05, 0) is 48.2 Å². The summed E-state index contributed by atoms with van der Waals surface area (Å²) in [7, 11) is -3.84. The summed E-state index contributed by atoms with van der Waals surface area (Å²) in [5.41, 5.74) is 3.67. The first-order chi connectivity index (χ1) is 15.3. The lowest BCUT2D eigenvalue weighted by molar-refractivity contribution is 0.0697.